The van der Waals surface area contributed by atoms with Crippen LogP contribution >= 0.6 is 11.8 Å². The number of thioether (sulfide) groups is 1. The molecule has 0 radical (unpaired) electrons. The van der Waals surface area contributed by atoms with Crippen molar-refractivity contribution in [3.63, 3.8) is 0 Å². The molecule has 0 aliphatic carbocycles. The first-order valence-electron chi connectivity index (χ1n) is 9.13. The van der Waals surface area contributed by atoms with E-state index in [0.29, 0.717) is 29.2 Å². The number of benzene rings is 2. The largest absolute Gasteiger partial charge is 0.480 e. The Balaban J connectivity index is 1.78. The van der Waals surface area contributed by atoms with E-state index in [-0.39, 0.29) is 11.5 Å². The highest BCUT2D eigenvalue weighted by molar-refractivity contribution is 7.98. The second-order valence-corrected chi connectivity index (χ2v) is 7.50. The van der Waals surface area contributed by atoms with E-state index in [0.717, 1.165) is 18.2 Å². The third kappa shape index (κ3) is 5.63. The van der Waals surface area contributed by atoms with Gasteiger partial charge < -0.3 is 4.74 Å². The summed E-state index contributed by atoms with van der Waals surface area (Å²) in [6.07, 6.45) is -3.54. The highest BCUT2D eigenvalue weighted by Crippen LogP contribution is 2.32. The molecule has 0 aliphatic rings. The predicted octanol–water partition coefficient (Wildman–Crippen LogP) is 6.19. The lowest BCUT2D eigenvalue weighted by Gasteiger charge is -2.16. The number of nitrogens with zero attached hydrogens (tertiary/aromatic N) is 3. The standard InChI is InChI=1S/C21H18F5N3OS/c1-3-9-29-19(13(2)30-18-8-7-16(22)11-17(18)23)27-28-20(29)31-12-14-5-4-6-15(10-14)21(24,25)26/h3-8,10-11,13H,1,9,12H2,2H3. The summed E-state index contributed by atoms with van der Waals surface area (Å²) < 4.78 is 73.0. The average Bonchev–Trinajstić information content (AvgIpc) is 3.11. The summed E-state index contributed by atoms with van der Waals surface area (Å²) in [4.78, 5) is 0. The fourth-order valence-electron chi connectivity index (χ4n) is 2.81. The molecule has 0 spiro atoms. The van der Waals surface area contributed by atoms with E-state index >= 15 is 0 Å². The summed E-state index contributed by atoms with van der Waals surface area (Å²) in [5.41, 5.74) is -0.241. The third-order valence-corrected chi connectivity index (χ3v) is 5.28. The lowest BCUT2D eigenvalue weighted by molar-refractivity contribution is -0.137. The van der Waals surface area contributed by atoms with Crippen LogP contribution < -0.4 is 4.74 Å². The Morgan fingerprint density at radius 2 is 1.94 bits per heavy atom. The van der Waals surface area contributed by atoms with Crippen molar-refractivity contribution in [3.8, 4) is 5.75 Å². The van der Waals surface area contributed by atoms with E-state index in [4.69, 9.17) is 4.74 Å². The molecule has 1 atom stereocenters. The van der Waals surface area contributed by atoms with Crippen LogP contribution in [-0.4, -0.2) is 14.8 Å². The van der Waals surface area contributed by atoms with Gasteiger partial charge in [0.2, 0.25) is 0 Å². The van der Waals surface area contributed by atoms with Crippen LogP contribution in [0.25, 0.3) is 0 Å². The van der Waals surface area contributed by atoms with Gasteiger partial charge in [0.05, 0.1) is 5.56 Å². The molecule has 3 rings (SSSR count). The number of alkyl halides is 3. The molecule has 1 unspecified atom stereocenters. The zero-order chi connectivity index (χ0) is 22.6. The minimum Gasteiger partial charge on any atom is -0.480 e. The van der Waals surface area contributed by atoms with E-state index < -0.39 is 29.5 Å². The van der Waals surface area contributed by atoms with Crippen LogP contribution in [0.1, 0.15) is 30.0 Å². The molecule has 0 amide bonds. The van der Waals surface area contributed by atoms with Crippen molar-refractivity contribution in [2.75, 3.05) is 0 Å². The summed E-state index contributed by atoms with van der Waals surface area (Å²) in [6, 6.07) is 8.03. The Morgan fingerprint density at radius 3 is 2.61 bits per heavy atom. The van der Waals surface area contributed by atoms with Gasteiger partial charge in [-0.25, -0.2) is 8.78 Å². The molecule has 1 heterocycles. The molecule has 0 saturated carbocycles. The minimum absolute atomic E-state index is 0.139. The van der Waals surface area contributed by atoms with Gasteiger partial charge in [0.1, 0.15) is 5.82 Å². The van der Waals surface area contributed by atoms with Gasteiger partial charge in [0, 0.05) is 18.4 Å². The lowest BCUT2D eigenvalue weighted by Crippen LogP contribution is -2.13. The van der Waals surface area contributed by atoms with Crippen molar-refractivity contribution in [3.05, 3.63) is 83.7 Å². The predicted molar refractivity (Wildman–Crippen MR) is 107 cm³/mol. The van der Waals surface area contributed by atoms with E-state index in [1.807, 2.05) is 0 Å². The van der Waals surface area contributed by atoms with Crippen molar-refractivity contribution in [1.82, 2.24) is 14.8 Å². The number of ether oxygens (including phenoxy) is 1. The zero-order valence-corrected chi connectivity index (χ0v) is 17.2. The number of halogens is 5. The molecular formula is C21H18F5N3OS. The minimum atomic E-state index is -4.42. The molecule has 164 valence electrons. The quantitative estimate of drug-likeness (QED) is 0.231. The molecule has 0 saturated heterocycles. The molecule has 0 aliphatic heterocycles. The second-order valence-electron chi connectivity index (χ2n) is 6.56. The number of rotatable bonds is 8. The average molecular weight is 455 g/mol. The Morgan fingerprint density at radius 1 is 1.16 bits per heavy atom. The van der Waals surface area contributed by atoms with Crippen molar-refractivity contribution >= 4 is 11.8 Å². The number of hydrogen-bond donors (Lipinski definition) is 0. The van der Waals surface area contributed by atoms with Gasteiger partial charge in [-0.1, -0.05) is 36.0 Å². The Bertz CT molecular complexity index is 1070. The molecule has 2 aromatic carbocycles. The Kier molecular flexibility index (Phi) is 6.99. The first kappa shape index (κ1) is 22.8. The smallest absolute Gasteiger partial charge is 0.416 e. The molecule has 4 nitrogen and oxygen atoms in total. The SMILES string of the molecule is C=CCn1c(SCc2cccc(C(F)(F)F)c2)nnc1C(C)Oc1ccc(F)cc1F. The summed E-state index contributed by atoms with van der Waals surface area (Å²) in [7, 11) is 0. The monoisotopic (exact) mass is 455 g/mol. The first-order valence-corrected chi connectivity index (χ1v) is 10.1. The summed E-state index contributed by atoms with van der Waals surface area (Å²) in [5, 5.41) is 8.63. The highest BCUT2D eigenvalue weighted by atomic mass is 32.2. The maximum Gasteiger partial charge on any atom is 0.416 e. The van der Waals surface area contributed by atoms with E-state index in [1.54, 1.807) is 23.6 Å². The second kappa shape index (κ2) is 9.51. The Hall–Kier alpha value is -2.88. The topological polar surface area (TPSA) is 39.9 Å². The van der Waals surface area contributed by atoms with Gasteiger partial charge in [0.25, 0.3) is 0 Å². The summed E-state index contributed by atoms with van der Waals surface area (Å²) >= 11 is 1.20. The molecule has 0 N–H and O–H groups in total. The molecule has 3 aromatic rings. The molecule has 10 heteroatoms. The van der Waals surface area contributed by atoms with Crippen molar-refractivity contribution in [1.29, 1.82) is 0 Å². The van der Waals surface area contributed by atoms with Crippen LogP contribution in [0.4, 0.5) is 22.0 Å². The fourth-order valence-corrected chi connectivity index (χ4v) is 3.71. The van der Waals surface area contributed by atoms with Crippen LogP contribution in [0, 0.1) is 11.6 Å². The van der Waals surface area contributed by atoms with E-state index in [9.17, 15) is 22.0 Å². The summed E-state index contributed by atoms with van der Waals surface area (Å²) in [6.45, 7) is 5.63. The number of aromatic nitrogens is 3. The van der Waals surface area contributed by atoms with E-state index in [1.165, 1.54) is 23.9 Å². The van der Waals surface area contributed by atoms with Crippen LogP contribution in [0.15, 0.2) is 60.3 Å². The van der Waals surface area contributed by atoms with E-state index in [2.05, 4.69) is 16.8 Å². The fraction of sp³-hybridized carbons (Fsp3) is 0.238. The zero-order valence-electron chi connectivity index (χ0n) is 16.4. The maximum absolute atomic E-state index is 13.9. The molecular weight excluding hydrogens is 437 g/mol. The number of allylic oxidation sites excluding steroid dienone is 1. The van der Waals surface area contributed by atoms with Gasteiger partial charge in [-0.15, -0.1) is 16.8 Å². The van der Waals surface area contributed by atoms with Crippen molar-refractivity contribution in [2.45, 2.75) is 36.7 Å². The molecule has 0 bridgehead atoms. The first-order chi connectivity index (χ1) is 14.7. The molecule has 31 heavy (non-hydrogen) atoms. The lowest BCUT2D eigenvalue weighted by atomic mass is 10.1. The van der Waals surface area contributed by atoms with Crippen LogP contribution in [0.2, 0.25) is 0 Å². The Labute approximate surface area is 179 Å². The molecule has 0 fully saturated rings. The van der Waals surface area contributed by atoms with Crippen molar-refractivity contribution < 1.29 is 26.7 Å². The summed E-state index contributed by atoms with van der Waals surface area (Å²) in [5.74, 6) is -1.10. The normalized spacial score (nSPS) is 12.6. The third-order valence-electron chi connectivity index (χ3n) is 4.24. The van der Waals surface area contributed by atoms with Gasteiger partial charge >= 0.3 is 6.18 Å². The van der Waals surface area contributed by atoms with Gasteiger partial charge in [0.15, 0.2) is 28.7 Å². The van der Waals surface area contributed by atoms with Crippen LogP contribution in [-0.2, 0) is 18.5 Å². The van der Waals surface area contributed by atoms with Gasteiger partial charge in [-0.05, 0) is 30.7 Å². The number of hydrogen-bond acceptors (Lipinski definition) is 4. The van der Waals surface area contributed by atoms with Crippen LogP contribution in [0.5, 0.6) is 5.75 Å². The highest BCUT2D eigenvalue weighted by Gasteiger charge is 2.30. The van der Waals surface area contributed by atoms with Crippen molar-refractivity contribution in [2.24, 2.45) is 0 Å². The van der Waals surface area contributed by atoms with Gasteiger partial charge in [-0.3, -0.25) is 4.57 Å². The van der Waals surface area contributed by atoms with Crippen LogP contribution in [0.3, 0.4) is 0 Å². The molecule has 1 aromatic heterocycles. The maximum atomic E-state index is 13.9. The van der Waals surface area contributed by atoms with Gasteiger partial charge in [-0.2, -0.15) is 13.2 Å².